The average molecular weight is 432 g/mol. The van der Waals surface area contributed by atoms with Crippen molar-refractivity contribution in [2.45, 2.75) is 74.3 Å². The Balaban J connectivity index is 2.04. The van der Waals surface area contributed by atoms with E-state index >= 15 is 0 Å². The molecule has 1 aromatic carbocycles. The number of nitrogens with zero attached hydrogens (tertiary/aromatic N) is 4. The highest BCUT2D eigenvalue weighted by Crippen LogP contribution is 2.40. The van der Waals surface area contributed by atoms with E-state index in [0.29, 0.717) is 12.6 Å². The highest BCUT2D eigenvalue weighted by atomic mass is 16.5. The zero-order valence-corrected chi connectivity index (χ0v) is 20.7. The molecule has 5 nitrogen and oxygen atoms in total. The van der Waals surface area contributed by atoms with Crippen LogP contribution in [0.15, 0.2) is 24.4 Å². The van der Waals surface area contributed by atoms with E-state index in [1.54, 1.807) is 0 Å². The summed E-state index contributed by atoms with van der Waals surface area (Å²) in [6.07, 6.45) is 4.36. The van der Waals surface area contributed by atoms with Gasteiger partial charge in [-0.15, -0.1) is 0 Å². The van der Waals surface area contributed by atoms with Crippen LogP contribution in [-0.4, -0.2) is 25.8 Å². The SMILES string of the molecule is CCC(CC)n1ccc2c(C)nc3c(-c4c(C)cc(C)cc4OC[C](C)C)c(C)nn3c21. The van der Waals surface area contributed by atoms with Gasteiger partial charge in [0.2, 0.25) is 0 Å². The smallest absolute Gasteiger partial charge is 0.165 e. The Labute approximate surface area is 191 Å². The molecule has 0 aliphatic rings. The Bertz CT molecular complexity index is 1270. The van der Waals surface area contributed by atoms with E-state index in [2.05, 4.69) is 84.4 Å². The van der Waals surface area contributed by atoms with Gasteiger partial charge in [-0.1, -0.05) is 33.8 Å². The normalized spacial score (nSPS) is 12.1. The Morgan fingerprint density at radius 2 is 1.72 bits per heavy atom. The maximum Gasteiger partial charge on any atom is 0.165 e. The predicted octanol–water partition coefficient (Wildman–Crippen LogP) is 6.94. The van der Waals surface area contributed by atoms with Gasteiger partial charge in [0.25, 0.3) is 0 Å². The van der Waals surface area contributed by atoms with Crippen LogP contribution in [0, 0.1) is 33.6 Å². The van der Waals surface area contributed by atoms with Crippen LogP contribution in [0.2, 0.25) is 0 Å². The Kier molecular flexibility index (Phi) is 6.02. The van der Waals surface area contributed by atoms with Gasteiger partial charge in [-0.25, -0.2) is 4.98 Å². The molecular weight excluding hydrogens is 396 g/mol. The summed E-state index contributed by atoms with van der Waals surface area (Å²) < 4.78 is 10.7. The minimum atomic E-state index is 0.438. The van der Waals surface area contributed by atoms with Gasteiger partial charge in [0.1, 0.15) is 11.4 Å². The quantitative estimate of drug-likeness (QED) is 0.318. The van der Waals surface area contributed by atoms with E-state index < -0.39 is 0 Å². The van der Waals surface area contributed by atoms with E-state index in [9.17, 15) is 0 Å². The monoisotopic (exact) mass is 431 g/mol. The van der Waals surface area contributed by atoms with E-state index in [4.69, 9.17) is 14.8 Å². The first-order chi connectivity index (χ1) is 15.3. The molecule has 0 amide bonds. The molecule has 32 heavy (non-hydrogen) atoms. The van der Waals surface area contributed by atoms with Crippen LogP contribution in [0.3, 0.4) is 0 Å². The van der Waals surface area contributed by atoms with Crippen LogP contribution in [0.4, 0.5) is 0 Å². The van der Waals surface area contributed by atoms with Gasteiger partial charge in [-0.3, -0.25) is 0 Å². The van der Waals surface area contributed by atoms with Crippen molar-refractivity contribution >= 4 is 16.7 Å². The molecule has 0 saturated heterocycles. The summed E-state index contributed by atoms with van der Waals surface area (Å²) in [5.41, 5.74) is 8.55. The largest absolute Gasteiger partial charge is 0.492 e. The molecule has 0 N–H and O–H groups in total. The standard InChI is InChI=1S/C27H35N4O/c1-9-21(10-2)30-12-11-22-19(7)28-26-25(20(8)29-31(26)27(22)30)24-18(6)13-17(5)14-23(24)32-15-16(3)4/h11-14,21H,9-10,15H2,1-8H3. The second-order valence-electron chi connectivity index (χ2n) is 9.27. The predicted molar refractivity (Wildman–Crippen MR) is 133 cm³/mol. The molecule has 4 rings (SSSR count). The number of aromatic nitrogens is 4. The molecule has 1 radical (unpaired) electrons. The summed E-state index contributed by atoms with van der Waals surface area (Å²) in [5.74, 6) is 2.14. The molecule has 5 heteroatoms. The van der Waals surface area contributed by atoms with Gasteiger partial charge in [-0.2, -0.15) is 9.61 Å². The third kappa shape index (κ3) is 3.68. The van der Waals surface area contributed by atoms with Crippen LogP contribution in [0.25, 0.3) is 27.8 Å². The number of aryl methyl sites for hydroxylation is 4. The summed E-state index contributed by atoms with van der Waals surface area (Å²) >= 11 is 0. The first-order valence-electron chi connectivity index (χ1n) is 11.7. The maximum atomic E-state index is 6.28. The van der Waals surface area contributed by atoms with Gasteiger partial charge in [0, 0.05) is 29.1 Å². The highest BCUT2D eigenvalue weighted by molar-refractivity contribution is 5.90. The molecule has 0 saturated carbocycles. The molecule has 0 spiro atoms. The first-order valence-corrected chi connectivity index (χ1v) is 11.7. The molecule has 4 aromatic rings. The van der Waals surface area contributed by atoms with E-state index in [0.717, 1.165) is 57.8 Å². The lowest BCUT2D eigenvalue weighted by Gasteiger charge is -2.18. The number of rotatable bonds is 7. The van der Waals surface area contributed by atoms with E-state index in [-0.39, 0.29) is 0 Å². The fourth-order valence-electron chi connectivity index (χ4n) is 4.78. The number of fused-ring (bicyclic) bond motifs is 3. The molecule has 0 aliphatic heterocycles. The second-order valence-corrected chi connectivity index (χ2v) is 9.27. The van der Waals surface area contributed by atoms with Crippen LogP contribution < -0.4 is 4.74 Å². The number of benzene rings is 1. The molecule has 169 valence electrons. The van der Waals surface area contributed by atoms with Crippen molar-refractivity contribution in [3.05, 3.63) is 52.8 Å². The molecule has 0 atom stereocenters. The molecule has 0 aliphatic carbocycles. The summed E-state index contributed by atoms with van der Waals surface area (Å²) in [6, 6.07) is 6.96. The van der Waals surface area contributed by atoms with Crippen molar-refractivity contribution < 1.29 is 4.74 Å². The van der Waals surface area contributed by atoms with Crippen LogP contribution >= 0.6 is 0 Å². The third-order valence-electron chi connectivity index (χ3n) is 6.33. The Morgan fingerprint density at radius 1 is 1.00 bits per heavy atom. The van der Waals surface area contributed by atoms with Crippen molar-refractivity contribution in [1.29, 1.82) is 0 Å². The maximum absolute atomic E-state index is 6.28. The third-order valence-corrected chi connectivity index (χ3v) is 6.33. The molecule has 3 aromatic heterocycles. The summed E-state index contributed by atoms with van der Waals surface area (Å²) in [7, 11) is 0. The number of hydrogen-bond donors (Lipinski definition) is 0. The molecule has 0 bridgehead atoms. The lowest BCUT2D eigenvalue weighted by molar-refractivity contribution is 0.333. The average Bonchev–Trinajstić information content (AvgIpc) is 3.29. The first kappa shape index (κ1) is 22.4. The summed E-state index contributed by atoms with van der Waals surface area (Å²) in [5, 5.41) is 6.17. The zero-order chi connectivity index (χ0) is 23.2. The van der Waals surface area contributed by atoms with Gasteiger partial charge >= 0.3 is 0 Å². The summed E-state index contributed by atoms with van der Waals surface area (Å²) in [6.45, 7) is 17.7. The lowest BCUT2D eigenvalue weighted by atomic mass is 9.97. The minimum absolute atomic E-state index is 0.438. The van der Waals surface area contributed by atoms with E-state index in [1.807, 2.05) is 4.52 Å². The Morgan fingerprint density at radius 3 is 2.38 bits per heavy atom. The van der Waals surface area contributed by atoms with Crippen molar-refractivity contribution in [3.63, 3.8) is 0 Å². The van der Waals surface area contributed by atoms with Crippen molar-refractivity contribution in [2.75, 3.05) is 6.61 Å². The topological polar surface area (TPSA) is 44.3 Å². The molecular formula is C27H35N4O. The lowest BCUT2D eigenvalue weighted by Crippen LogP contribution is -2.09. The fraction of sp³-hybridized carbons (Fsp3) is 0.444. The zero-order valence-electron chi connectivity index (χ0n) is 20.7. The fourth-order valence-corrected chi connectivity index (χ4v) is 4.78. The van der Waals surface area contributed by atoms with Crippen molar-refractivity contribution in [1.82, 2.24) is 19.2 Å². The minimum Gasteiger partial charge on any atom is -0.492 e. The van der Waals surface area contributed by atoms with Gasteiger partial charge in [0.15, 0.2) is 5.65 Å². The van der Waals surface area contributed by atoms with Crippen molar-refractivity contribution in [2.24, 2.45) is 0 Å². The summed E-state index contributed by atoms with van der Waals surface area (Å²) in [4.78, 5) is 5.05. The molecule has 0 unspecified atom stereocenters. The van der Waals surface area contributed by atoms with Crippen LogP contribution in [0.5, 0.6) is 5.75 Å². The molecule has 3 heterocycles. The van der Waals surface area contributed by atoms with Crippen LogP contribution in [0.1, 0.15) is 69.1 Å². The van der Waals surface area contributed by atoms with Gasteiger partial charge in [0.05, 0.1) is 23.6 Å². The number of ether oxygens (including phenoxy) is 1. The van der Waals surface area contributed by atoms with Gasteiger partial charge < -0.3 is 9.30 Å². The highest BCUT2D eigenvalue weighted by Gasteiger charge is 2.23. The molecule has 0 fully saturated rings. The van der Waals surface area contributed by atoms with Crippen molar-refractivity contribution in [3.8, 4) is 16.9 Å². The van der Waals surface area contributed by atoms with Gasteiger partial charge in [-0.05, 0) is 63.8 Å². The van der Waals surface area contributed by atoms with E-state index in [1.165, 1.54) is 17.0 Å². The number of hydrogen-bond acceptors (Lipinski definition) is 3. The van der Waals surface area contributed by atoms with Crippen LogP contribution in [-0.2, 0) is 0 Å². The Hall–Kier alpha value is -2.82. The second kappa shape index (κ2) is 8.61.